The average molecular weight is 390 g/mol. The zero-order valence-corrected chi connectivity index (χ0v) is 15.1. The molecule has 2 aromatic carbocycles. The maximum Gasteiger partial charge on any atom is 0.418 e. The number of hydrogen-bond acceptors (Lipinski definition) is 5. The summed E-state index contributed by atoms with van der Waals surface area (Å²) < 4.78 is 41.7. The SMILES string of the molecule is O=C1N2CC(c3ccccc3C2COCc2ccccc2)N1OS(=O)(=O)O. The topological polar surface area (TPSA) is 96.4 Å². The van der Waals surface area contributed by atoms with Crippen molar-refractivity contribution in [3.8, 4) is 0 Å². The van der Waals surface area contributed by atoms with Gasteiger partial charge < -0.3 is 9.64 Å². The molecule has 2 unspecified atom stereocenters. The fraction of sp³-hybridized carbons (Fsp3) is 0.278. The van der Waals surface area contributed by atoms with E-state index in [-0.39, 0.29) is 19.2 Å². The van der Waals surface area contributed by atoms with Crippen molar-refractivity contribution in [3.05, 3.63) is 71.3 Å². The Morgan fingerprint density at radius 2 is 1.70 bits per heavy atom. The Hall–Kier alpha value is -2.46. The standard InChI is InChI=1S/C18H18N2O6S/c21-18-19-10-16(20(18)26-27(22,23)24)14-8-4-5-9-15(14)17(19)12-25-11-13-6-2-1-3-7-13/h1-9,16-17H,10-12H2,(H,22,23,24). The summed E-state index contributed by atoms with van der Waals surface area (Å²) in [4.78, 5) is 14.2. The van der Waals surface area contributed by atoms with Gasteiger partial charge in [-0.15, -0.1) is 4.28 Å². The zero-order chi connectivity index (χ0) is 19.0. The monoisotopic (exact) mass is 390 g/mol. The minimum absolute atomic E-state index is 0.254. The molecule has 0 saturated carbocycles. The summed E-state index contributed by atoms with van der Waals surface area (Å²) in [7, 11) is -4.80. The molecule has 142 valence electrons. The van der Waals surface area contributed by atoms with Crippen LogP contribution in [0.15, 0.2) is 54.6 Å². The van der Waals surface area contributed by atoms with Crippen LogP contribution in [-0.4, -0.2) is 42.1 Å². The van der Waals surface area contributed by atoms with Gasteiger partial charge in [-0.2, -0.15) is 13.5 Å². The Labute approximate surface area is 156 Å². The van der Waals surface area contributed by atoms with E-state index >= 15 is 0 Å². The number of hydroxylamine groups is 2. The molecule has 4 rings (SSSR count). The minimum atomic E-state index is -4.80. The van der Waals surface area contributed by atoms with Gasteiger partial charge in [0.2, 0.25) is 0 Å². The van der Waals surface area contributed by atoms with Gasteiger partial charge in [0.15, 0.2) is 0 Å². The third-order valence-corrected chi connectivity index (χ3v) is 5.09. The molecular formula is C18H18N2O6S. The second-order valence-electron chi connectivity index (χ2n) is 6.42. The van der Waals surface area contributed by atoms with Crippen molar-refractivity contribution < 1.29 is 26.8 Å². The molecular weight excluding hydrogens is 372 g/mol. The van der Waals surface area contributed by atoms with Crippen LogP contribution >= 0.6 is 0 Å². The number of urea groups is 1. The van der Waals surface area contributed by atoms with E-state index in [2.05, 4.69) is 4.28 Å². The van der Waals surface area contributed by atoms with E-state index < -0.39 is 22.5 Å². The van der Waals surface area contributed by atoms with Crippen LogP contribution in [0.3, 0.4) is 0 Å². The summed E-state index contributed by atoms with van der Waals surface area (Å²) in [6, 6.07) is 15.4. The number of nitrogens with zero attached hydrogens (tertiary/aromatic N) is 2. The second kappa shape index (κ2) is 6.93. The lowest BCUT2D eigenvalue weighted by molar-refractivity contribution is -0.0318. The van der Waals surface area contributed by atoms with Crippen molar-refractivity contribution >= 4 is 16.4 Å². The number of fused-ring (bicyclic) bond motifs is 4. The summed E-state index contributed by atoms with van der Waals surface area (Å²) in [5, 5.41) is 0.714. The Balaban J connectivity index is 1.57. The highest BCUT2D eigenvalue weighted by Gasteiger charge is 2.49. The van der Waals surface area contributed by atoms with Crippen LogP contribution in [0.5, 0.6) is 0 Å². The van der Waals surface area contributed by atoms with Gasteiger partial charge in [0, 0.05) is 0 Å². The van der Waals surface area contributed by atoms with E-state index in [4.69, 9.17) is 9.29 Å². The lowest BCUT2D eigenvalue weighted by Crippen LogP contribution is -2.37. The van der Waals surface area contributed by atoms with Gasteiger partial charge in [-0.1, -0.05) is 54.6 Å². The number of amides is 2. The lowest BCUT2D eigenvalue weighted by Gasteiger charge is -2.32. The summed E-state index contributed by atoms with van der Waals surface area (Å²) in [5.41, 5.74) is 2.66. The largest absolute Gasteiger partial charge is 0.418 e. The number of benzene rings is 2. The molecule has 1 fully saturated rings. The van der Waals surface area contributed by atoms with Gasteiger partial charge in [0.1, 0.15) is 6.04 Å². The van der Waals surface area contributed by atoms with Gasteiger partial charge >= 0.3 is 16.4 Å². The predicted octanol–water partition coefficient (Wildman–Crippen LogP) is 2.47. The maximum atomic E-state index is 12.7. The fourth-order valence-electron chi connectivity index (χ4n) is 3.60. The number of carbonyl (C=O) groups excluding carboxylic acids is 1. The van der Waals surface area contributed by atoms with E-state index in [0.717, 1.165) is 16.7 Å². The van der Waals surface area contributed by atoms with Crippen LogP contribution in [0.2, 0.25) is 0 Å². The van der Waals surface area contributed by atoms with E-state index in [0.29, 0.717) is 11.7 Å². The second-order valence-corrected chi connectivity index (χ2v) is 7.43. The maximum absolute atomic E-state index is 12.7. The van der Waals surface area contributed by atoms with Crippen LogP contribution in [0.1, 0.15) is 28.8 Å². The van der Waals surface area contributed by atoms with Crippen LogP contribution in [-0.2, 0) is 26.0 Å². The highest BCUT2D eigenvalue weighted by molar-refractivity contribution is 7.80. The molecule has 2 atom stereocenters. The number of rotatable bonds is 6. The van der Waals surface area contributed by atoms with Crippen molar-refractivity contribution in [2.75, 3.05) is 13.2 Å². The normalized spacial score (nSPS) is 21.4. The lowest BCUT2D eigenvalue weighted by atomic mass is 9.91. The molecule has 2 aliphatic rings. The van der Waals surface area contributed by atoms with Crippen LogP contribution < -0.4 is 0 Å². The minimum Gasteiger partial charge on any atom is -0.374 e. The first-order valence-electron chi connectivity index (χ1n) is 8.41. The Kier molecular flexibility index (Phi) is 4.60. The van der Waals surface area contributed by atoms with E-state index in [1.54, 1.807) is 0 Å². The molecule has 8 nitrogen and oxygen atoms in total. The molecule has 0 spiro atoms. The highest BCUT2D eigenvalue weighted by atomic mass is 32.3. The molecule has 9 heteroatoms. The average Bonchev–Trinajstić information content (AvgIpc) is 2.91. The van der Waals surface area contributed by atoms with Crippen molar-refractivity contribution in [1.82, 2.24) is 9.96 Å². The first-order valence-corrected chi connectivity index (χ1v) is 9.78. The molecule has 1 saturated heterocycles. The molecule has 27 heavy (non-hydrogen) atoms. The predicted molar refractivity (Wildman–Crippen MR) is 94.6 cm³/mol. The quantitative estimate of drug-likeness (QED) is 0.761. The zero-order valence-electron chi connectivity index (χ0n) is 14.3. The molecule has 2 amide bonds. The molecule has 2 aromatic rings. The molecule has 2 aliphatic heterocycles. The van der Waals surface area contributed by atoms with Gasteiger partial charge in [-0.3, -0.25) is 4.55 Å². The molecule has 0 aliphatic carbocycles. The van der Waals surface area contributed by atoms with Gasteiger partial charge in [0.05, 0.1) is 25.8 Å². The third-order valence-electron chi connectivity index (χ3n) is 4.74. The third kappa shape index (κ3) is 3.54. The van der Waals surface area contributed by atoms with Crippen LogP contribution in [0.25, 0.3) is 0 Å². The van der Waals surface area contributed by atoms with Gasteiger partial charge in [-0.05, 0) is 16.7 Å². The summed E-state index contributed by atoms with van der Waals surface area (Å²) in [6.07, 6.45) is 0. The van der Waals surface area contributed by atoms with Crippen molar-refractivity contribution in [1.29, 1.82) is 0 Å². The van der Waals surface area contributed by atoms with E-state index in [1.807, 2.05) is 54.6 Å². The van der Waals surface area contributed by atoms with Crippen molar-refractivity contribution in [2.45, 2.75) is 18.7 Å². The number of carbonyl (C=O) groups is 1. The van der Waals surface area contributed by atoms with E-state index in [1.165, 1.54) is 4.90 Å². The summed E-state index contributed by atoms with van der Waals surface area (Å²) >= 11 is 0. The van der Waals surface area contributed by atoms with Crippen molar-refractivity contribution in [3.63, 3.8) is 0 Å². The summed E-state index contributed by atoms with van der Waals surface area (Å²) in [5.74, 6) is 0. The molecule has 1 N–H and O–H groups in total. The van der Waals surface area contributed by atoms with Crippen molar-refractivity contribution in [2.24, 2.45) is 0 Å². The van der Waals surface area contributed by atoms with Gasteiger partial charge in [-0.25, -0.2) is 4.79 Å². The van der Waals surface area contributed by atoms with Gasteiger partial charge in [0.25, 0.3) is 0 Å². The smallest absolute Gasteiger partial charge is 0.374 e. The first kappa shape index (κ1) is 17.9. The summed E-state index contributed by atoms with van der Waals surface area (Å²) in [6.45, 7) is 0.908. The molecule has 2 bridgehead atoms. The Morgan fingerprint density at radius 3 is 2.41 bits per heavy atom. The molecule has 0 radical (unpaired) electrons. The molecule has 2 heterocycles. The van der Waals surface area contributed by atoms with Crippen LogP contribution in [0.4, 0.5) is 4.79 Å². The van der Waals surface area contributed by atoms with Crippen LogP contribution in [0, 0.1) is 0 Å². The Morgan fingerprint density at radius 1 is 1.04 bits per heavy atom. The number of ether oxygens (including phenoxy) is 1. The Bertz CT molecular complexity index is 949. The first-order chi connectivity index (χ1) is 12.9. The van der Waals surface area contributed by atoms with E-state index in [9.17, 15) is 13.2 Å². The molecule has 0 aromatic heterocycles. The highest BCUT2D eigenvalue weighted by Crippen LogP contribution is 2.44. The number of hydrogen-bond donors (Lipinski definition) is 1. The fourth-order valence-corrected chi connectivity index (χ4v) is 3.97.